The number of amides is 2. The third-order valence-corrected chi connectivity index (χ3v) is 5.14. The molecular weight excluding hydrogens is 390 g/mol. The van der Waals surface area contributed by atoms with E-state index in [2.05, 4.69) is 10.3 Å². The SMILES string of the molecule is Cc1oc(-c2ccccc2)nc1CC(=O)Nc1ccc(N2CCCC2=O)c(Cl)c1. The van der Waals surface area contributed by atoms with Crippen LogP contribution < -0.4 is 10.2 Å². The molecule has 7 heteroatoms. The van der Waals surface area contributed by atoms with Gasteiger partial charge < -0.3 is 14.6 Å². The van der Waals surface area contributed by atoms with E-state index in [1.54, 1.807) is 30.0 Å². The lowest BCUT2D eigenvalue weighted by atomic mass is 10.2. The summed E-state index contributed by atoms with van der Waals surface area (Å²) in [5.74, 6) is 0.954. The highest BCUT2D eigenvalue weighted by Gasteiger charge is 2.23. The van der Waals surface area contributed by atoms with Crippen molar-refractivity contribution in [1.82, 2.24) is 4.98 Å². The van der Waals surface area contributed by atoms with Crippen molar-refractivity contribution in [2.24, 2.45) is 0 Å². The predicted molar refractivity (Wildman–Crippen MR) is 112 cm³/mol. The third kappa shape index (κ3) is 4.17. The molecule has 2 heterocycles. The third-order valence-electron chi connectivity index (χ3n) is 4.84. The highest BCUT2D eigenvalue weighted by molar-refractivity contribution is 6.34. The smallest absolute Gasteiger partial charge is 0.230 e. The molecule has 1 aliphatic heterocycles. The van der Waals surface area contributed by atoms with Gasteiger partial charge in [-0.3, -0.25) is 9.59 Å². The van der Waals surface area contributed by atoms with Crippen LogP contribution in [0.1, 0.15) is 24.3 Å². The van der Waals surface area contributed by atoms with Gasteiger partial charge in [-0.2, -0.15) is 0 Å². The van der Waals surface area contributed by atoms with Crippen molar-refractivity contribution in [3.63, 3.8) is 0 Å². The largest absolute Gasteiger partial charge is 0.441 e. The molecule has 0 radical (unpaired) electrons. The van der Waals surface area contributed by atoms with Crippen LogP contribution in [-0.4, -0.2) is 23.3 Å². The molecule has 29 heavy (non-hydrogen) atoms. The number of hydrogen-bond donors (Lipinski definition) is 1. The Morgan fingerprint density at radius 3 is 2.72 bits per heavy atom. The van der Waals surface area contributed by atoms with E-state index in [1.807, 2.05) is 30.3 Å². The molecule has 1 aliphatic rings. The number of oxazole rings is 1. The summed E-state index contributed by atoms with van der Waals surface area (Å²) in [4.78, 5) is 30.5. The molecule has 1 saturated heterocycles. The zero-order valence-corrected chi connectivity index (χ0v) is 16.7. The fraction of sp³-hybridized carbons (Fsp3) is 0.227. The van der Waals surface area contributed by atoms with Crippen LogP contribution in [0.25, 0.3) is 11.5 Å². The Hall–Kier alpha value is -3.12. The Labute approximate surface area is 173 Å². The van der Waals surface area contributed by atoms with Gasteiger partial charge in [-0.25, -0.2) is 4.98 Å². The maximum Gasteiger partial charge on any atom is 0.230 e. The molecule has 0 unspecified atom stereocenters. The van der Waals surface area contributed by atoms with Gasteiger partial charge in [0.05, 0.1) is 22.8 Å². The monoisotopic (exact) mass is 409 g/mol. The van der Waals surface area contributed by atoms with Gasteiger partial charge in [0.25, 0.3) is 0 Å². The minimum atomic E-state index is -0.220. The second kappa shape index (κ2) is 8.09. The lowest BCUT2D eigenvalue weighted by Crippen LogP contribution is -2.24. The number of benzene rings is 2. The first-order chi connectivity index (χ1) is 14.0. The Morgan fingerprint density at radius 2 is 2.03 bits per heavy atom. The molecule has 1 aromatic heterocycles. The maximum absolute atomic E-state index is 12.5. The summed E-state index contributed by atoms with van der Waals surface area (Å²) in [6, 6.07) is 14.7. The minimum Gasteiger partial charge on any atom is -0.441 e. The van der Waals surface area contributed by atoms with E-state index in [-0.39, 0.29) is 18.2 Å². The van der Waals surface area contributed by atoms with Crippen molar-refractivity contribution < 1.29 is 14.0 Å². The normalized spacial score (nSPS) is 13.7. The van der Waals surface area contributed by atoms with Crippen molar-refractivity contribution in [2.75, 3.05) is 16.8 Å². The number of aromatic nitrogens is 1. The molecule has 0 bridgehead atoms. The van der Waals surface area contributed by atoms with E-state index in [4.69, 9.17) is 16.0 Å². The van der Waals surface area contributed by atoms with Crippen LogP contribution in [0, 0.1) is 6.92 Å². The van der Waals surface area contributed by atoms with Gasteiger partial charge in [0.1, 0.15) is 5.76 Å². The summed E-state index contributed by atoms with van der Waals surface area (Å²) in [6.45, 7) is 2.46. The zero-order valence-electron chi connectivity index (χ0n) is 15.9. The van der Waals surface area contributed by atoms with Crippen LogP contribution >= 0.6 is 11.6 Å². The molecule has 0 saturated carbocycles. The fourth-order valence-electron chi connectivity index (χ4n) is 3.36. The fourth-order valence-corrected chi connectivity index (χ4v) is 3.64. The second-order valence-corrected chi connectivity index (χ2v) is 7.34. The van der Waals surface area contributed by atoms with Gasteiger partial charge in [0, 0.05) is 24.2 Å². The molecule has 0 atom stereocenters. The Kier molecular flexibility index (Phi) is 5.36. The van der Waals surface area contributed by atoms with Crippen molar-refractivity contribution in [2.45, 2.75) is 26.2 Å². The van der Waals surface area contributed by atoms with Crippen molar-refractivity contribution in [1.29, 1.82) is 0 Å². The summed E-state index contributed by atoms with van der Waals surface area (Å²) >= 11 is 6.34. The van der Waals surface area contributed by atoms with Crippen molar-refractivity contribution in [3.8, 4) is 11.5 Å². The highest BCUT2D eigenvalue weighted by atomic mass is 35.5. The highest BCUT2D eigenvalue weighted by Crippen LogP contribution is 2.31. The van der Waals surface area contributed by atoms with Gasteiger partial charge in [-0.05, 0) is 43.7 Å². The number of rotatable bonds is 5. The average molecular weight is 410 g/mol. The van der Waals surface area contributed by atoms with E-state index < -0.39 is 0 Å². The summed E-state index contributed by atoms with van der Waals surface area (Å²) in [5.41, 5.74) is 2.69. The molecule has 148 valence electrons. The first-order valence-corrected chi connectivity index (χ1v) is 9.80. The number of aryl methyl sites for hydroxylation is 1. The van der Waals surface area contributed by atoms with Crippen LogP contribution in [0.2, 0.25) is 5.02 Å². The molecule has 2 amide bonds. The molecule has 0 spiro atoms. The first-order valence-electron chi connectivity index (χ1n) is 9.43. The lowest BCUT2D eigenvalue weighted by molar-refractivity contribution is -0.117. The quantitative estimate of drug-likeness (QED) is 0.667. The van der Waals surface area contributed by atoms with E-state index >= 15 is 0 Å². The second-order valence-electron chi connectivity index (χ2n) is 6.93. The van der Waals surface area contributed by atoms with E-state index in [1.165, 1.54) is 0 Å². The molecule has 6 nitrogen and oxygen atoms in total. The van der Waals surface area contributed by atoms with E-state index in [0.717, 1.165) is 12.0 Å². The number of halogens is 1. The van der Waals surface area contributed by atoms with Crippen LogP contribution in [0.5, 0.6) is 0 Å². The number of nitrogens with one attached hydrogen (secondary N) is 1. The molecule has 0 aliphatic carbocycles. The lowest BCUT2D eigenvalue weighted by Gasteiger charge is -2.18. The number of carbonyl (C=O) groups is 2. The number of anilines is 2. The van der Waals surface area contributed by atoms with Crippen molar-refractivity contribution in [3.05, 3.63) is 65.0 Å². The van der Waals surface area contributed by atoms with E-state index in [0.29, 0.717) is 46.7 Å². The number of hydrogen-bond acceptors (Lipinski definition) is 4. The van der Waals surface area contributed by atoms with Crippen LogP contribution in [0.4, 0.5) is 11.4 Å². The summed E-state index contributed by atoms with van der Waals surface area (Å²) in [7, 11) is 0. The van der Waals surface area contributed by atoms with Gasteiger partial charge >= 0.3 is 0 Å². The van der Waals surface area contributed by atoms with Crippen LogP contribution in [0.15, 0.2) is 52.9 Å². The topological polar surface area (TPSA) is 75.4 Å². The molecular formula is C22H20ClN3O3. The summed E-state index contributed by atoms with van der Waals surface area (Å²) in [6.07, 6.45) is 1.46. The molecule has 4 rings (SSSR count). The van der Waals surface area contributed by atoms with E-state index in [9.17, 15) is 9.59 Å². The van der Waals surface area contributed by atoms with Gasteiger partial charge in [0.15, 0.2) is 0 Å². The van der Waals surface area contributed by atoms with Gasteiger partial charge in [-0.1, -0.05) is 29.8 Å². The minimum absolute atomic E-state index is 0.0689. The predicted octanol–water partition coefficient (Wildman–Crippen LogP) is 4.61. The maximum atomic E-state index is 12.5. The average Bonchev–Trinajstić information content (AvgIpc) is 3.28. The Morgan fingerprint density at radius 1 is 1.24 bits per heavy atom. The zero-order chi connectivity index (χ0) is 20.4. The number of carbonyl (C=O) groups excluding carboxylic acids is 2. The summed E-state index contributed by atoms with van der Waals surface area (Å²) < 4.78 is 5.70. The number of nitrogens with zero attached hydrogens (tertiary/aromatic N) is 2. The Balaban J connectivity index is 1.44. The molecule has 2 aromatic carbocycles. The molecule has 3 aromatic rings. The van der Waals surface area contributed by atoms with Crippen LogP contribution in [-0.2, 0) is 16.0 Å². The Bertz CT molecular complexity index is 1060. The first kappa shape index (κ1) is 19.2. The van der Waals surface area contributed by atoms with Gasteiger partial charge in [-0.15, -0.1) is 0 Å². The summed E-state index contributed by atoms with van der Waals surface area (Å²) in [5, 5.41) is 3.26. The van der Waals surface area contributed by atoms with Gasteiger partial charge in [0.2, 0.25) is 17.7 Å². The van der Waals surface area contributed by atoms with Crippen LogP contribution in [0.3, 0.4) is 0 Å². The van der Waals surface area contributed by atoms with Crippen molar-refractivity contribution >= 4 is 34.8 Å². The molecule has 1 fully saturated rings. The standard InChI is InChI=1S/C22H20ClN3O3/c1-14-18(25-22(29-14)15-6-3-2-4-7-15)13-20(27)24-16-9-10-19(17(23)12-16)26-11-5-8-21(26)28/h2-4,6-7,9-10,12H,5,8,11,13H2,1H3,(H,24,27). The molecule has 1 N–H and O–H groups in total.